The van der Waals surface area contributed by atoms with E-state index in [1.807, 2.05) is 19.2 Å². The summed E-state index contributed by atoms with van der Waals surface area (Å²) in [7, 11) is 2.83. The first kappa shape index (κ1) is 21.2. The zero-order valence-corrected chi connectivity index (χ0v) is 15.5. The number of rotatable bonds is 9. The van der Waals surface area contributed by atoms with Crippen LogP contribution >= 0.6 is 0 Å². The zero-order valence-electron chi connectivity index (χ0n) is 15.5. The van der Waals surface area contributed by atoms with Crippen molar-refractivity contribution in [3.05, 3.63) is 18.2 Å². The van der Waals surface area contributed by atoms with Crippen molar-refractivity contribution < 1.29 is 33.5 Å². The van der Waals surface area contributed by atoms with Crippen molar-refractivity contribution >= 4 is 23.6 Å². The third-order valence-corrected chi connectivity index (χ3v) is 3.18. The maximum Gasteiger partial charge on any atom is 0.413 e. The number of benzene rings is 1. The van der Waals surface area contributed by atoms with E-state index in [9.17, 15) is 14.4 Å². The summed E-state index contributed by atoms with van der Waals surface area (Å²) in [5, 5.41) is 4.79. The van der Waals surface area contributed by atoms with Gasteiger partial charge in [0.05, 0.1) is 27.4 Å². The molecule has 3 amide bonds. The summed E-state index contributed by atoms with van der Waals surface area (Å²) in [4.78, 5) is 35.3. The van der Waals surface area contributed by atoms with Crippen LogP contribution in [0, 0.1) is 0 Å². The fourth-order valence-corrected chi connectivity index (χ4v) is 2.15. The molecule has 0 saturated heterocycles. The molecule has 0 heterocycles. The molecule has 1 atom stereocenters. The van der Waals surface area contributed by atoms with Crippen LogP contribution in [0.3, 0.4) is 0 Å². The predicted molar refractivity (Wildman–Crippen MR) is 94.6 cm³/mol. The molecule has 0 aliphatic heterocycles. The van der Waals surface area contributed by atoms with Crippen LogP contribution in [0.4, 0.5) is 10.5 Å². The molecule has 9 nitrogen and oxygen atoms in total. The average molecular weight is 368 g/mol. The molecule has 3 N–H and O–H groups in total. The smallest absolute Gasteiger partial charge is 0.413 e. The Balaban J connectivity index is 2.60. The minimum absolute atomic E-state index is 0.0456. The molecule has 0 fully saturated rings. The van der Waals surface area contributed by atoms with Crippen molar-refractivity contribution in [3.63, 3.8) is 0 Å². The fraction of sp³-hybridized carbons (Fsp3) is 0.471. The van der Waals surface area contributed by atoms with Crippen LogP contribution in [0.15, 0.2) is 18.2 Å². The molecule has 0 aliphatic rings. The maximum atomic E-state index is 12.1. The number of likely N-dealkylation sites (N-methyl/N-ethyl adjacent to an activating group) is 1. The first-order chi connectivity index (χ1) is 12.4. The Kier molecular flexibility index (Phi) is 8.93. The summed E-state index contributed by atoms with van der Waals surface area (Å²) < 4.78 is 15.3. The van der Waals surface area contributed by atoms with Crippen LogP contribution in [-0.2, 0) is 14.3 Å². The Morgan fingerprint density at radius 2 is 1.62 bits per heavy atom. The first-order valence-corrected chi connectivity index (χ1v) is 8.28. The minimum Gasteiger partial charge on any atom is -0.490 e. The molecule has 0 aromatic heterocycles. The third kappa shape index (κ3) is 7.39. The third-order valence-electron chi connectivity index (χ3n) is 3.18. The number of alkyl carbamates (subject to hydrolysis) is 1. The van der Waals surface area contributed by atoms with Crippen LogP contribution in [0.25, 0.3) is 0 Å². The SMILES string of the molecule is CCOc1ccc(NC(=O)C[NH+](C)CC(=O)NC(=O)OC)cc1OCC. The van der Waals surface area contributed by atoms with Crippen molar-refractivity contribution in [2.24, 2.45) is 0 Å². The second-order valence-corrected chi connectivity index (χ2v) is 5.43. The molecule has 0 radical (unpaired) electrons. The molecule has 26 heavy (non-hydrogen) atoms. The Morgan fingerprint density at radius 3 is 2.23 bits per heavy atom. The van der Waals surface area contributed by atoms with Gasteiger partial charge in [0.25, 0.3) is 11.8 Å². The van der Waals surface area contributed by atoms with Gasteiger partial charge in [-0.1, -0.05) is 0 Å². The summed E-state index contributed by atoms with van der Waals surface area (Å²) >= 11 is 0. The lowest BCUT2D eigenvalue weighted by atomic mass is 10.2. The van der Waals surface area contributed by atoms with Gasteiger partial charge in [0.1, 0.15) is 0 Å². The van der Waals surface area contributed by atoms with Gasteiger partial charge in [-0.3, -0.25) is 14.9 Å². The number of nitrogens with one attached hydrogen (secondary N) is 3. The van der Waals surface area contributed by atoms with Gasteiger partial charge in [-0.25, -0.2) is 4.79 Å². The van der Waals surface area contributed by atoms with E-state index in [2.05, 4.69) is 10.1 Å². The molecule has 0 saturated carbocycles. The largest absolute Gasteiger partial charge is 0.490 e. The molecular formula is C17H26N3O6+. The molecule has 1 aromatic carbocycles. The van der Waals surface area contributed by atoms with Gasteiger partial charge in [-0.05, 0) is 26.0 Å². The number of quaternary nitrogens is 1. The first-order valence-electron chi connectivity index (χ1n) is 8.28. The van der Waals surface area contributed by atoms with Gasteiger partial charge in [0, 0.05) is 11.8 Å². The van der Waals surface area contributed by atoms with Crippen molar-refractivity contribution in [2.75, 3.05) is 45.8 Å². The molecule has 1 unspecified atom stereocenters. The number of carbonyl (C=O) groups excluding carboxylic acids is 3. The van der Waals surface area contributed by atoms with Gasteiger partial charge in [-0.2, -0.15) is 0 Å². The van der Waals surface area contributed by atoms with Crippen LogP contribution < -0.4 is 25.0 Å². The van der Waals surface area contributed by atoms with Crippen molar-refractivity contribution in [2.45, 2.75) is 13.8 Å². The quantitative estimate of drug-likeness (QED) is 0.558. The molecule has 1 aromatic rings. The average Bonchev–Trinajstić information content (AvgIpc) is 2.56. The van der Waals surface area contributed by atoms with Crippen molar-refractivity contribution in [1.82, 2.24) is 5.32 Å². The Bertz CT molecular complexity index is 635. The van der Waals surface area contributed by atoms with Crippen LogP contribution in [0.1, 0.15) is 13.8 Å². The Hall–Kier alpha value is -2.81. The van der Waals surface area contributed by atoms with Gasteiger partial charge >= 0.3 is 6.09 Å². The normalized spacial score (nSPS) is 11.2. The number of methoxy groups -OCH3 is 1. The topological polar surface area (TPSA) is 107 Å². The highest BCUT2D eigenvalue weighted by Gasteiger charge is 2.17. The van der Waals surface area contributed by atoms with E-state index in [-0.39, 0.29) is 19.0 Å². The second-order valence-electron chi connectivity index (χ2n) is 5.43. The molecule has 0 bridgehead atoms. The molecule has 1 rings (SSSR count). The Labute approximate surface area is 152 Å². The number of amides is 3. The summed E-state index contributed by atoms with van der Waals surface area (Å²) in [6.45, 7) is 4.72. The van der Waals surface area contributed by atoms with E-state index in [1.165, 1.54) is 7.11 Å². The van der Waals surface area contributed by atoms with Gasteiger partial charge in [0.2, 0.25) is 0 Å². The number of hydrogen-bond acceptors (Lipinski definition) is 6. The number of imide groups is 1. The fourth-order valence-electron chi connectivity index (χ4n) is 2.15. The molecule has 144 valence electrons. The highest BCUT2D eigenvalue weighted by molar-refractivity contribution is 5.93. The summed E-state index contributed by atoms with van der Waals surface area (Å²) in [5.41, 5.74) is 0.564. The van der Waals surface area contributed by atoms with E-state index >= 15 is 0 Å². The predicted octanol–water partition coefficient (Wildman–Crippen LogP) is -0.180. The molecule has 0 spiro atoms. The minimum atomic E-state index is -0.829. The highest BCUT2D eigenvalue weighted by Crippen LogP contribution is 2.30. The highest BCUT2D eigenvalue weighted by atomic mass is 16.5. The monoisotopic (exact) mass is 368 g/mol. The van der Waals surface area contributed by atoms with Crippen molar-refractivity contribution in [3.8, 4) is 11.5 Å². The zero-order chi connectivity index (χ0) is 19.5. The lowest BCUT2D eigenvalue weighted by molar-refractivity contribution is -0.862. The van der Waals surface area contributed by atoms with Crippen LogP contribution in [0.2, 0.25) is 0 Å². The van der Waals surface area contributed by atoms with Crippen molar-refractivity contribution in [1.29, 1.82) is 0 Å². The van der Waals surface area contributed by atoms with Gasteiger partial charge < -0.3 is 24.4 Å². The summed E-state index contributed by atoms with van der Waals surface area (Å²) in [6.07, 6.45) is -0.829. The number of ether oxygens (including phenoxy) is 3. The van der Waals surface area contributed by atoms with Crippen LogP contribution in [0.5, 0.6) is 11.5 Å². The number of carbonyl (C=O) groups is 3. The van der Waals surface area contributed by atoms with Gasteiger partial charge in [0.15, 0.2) is 24.6 Å². The van der Waals surface area contributed by atoms with E-state index < -0.39 is 12.0 Å². The van der Waals surface area contributed by atoms with E-state index in [0.717, 1.165) is 0 Å². The van der Waals surface area contributed by atoms with E-state index in [0.29, 0.717) is 35.3 Å². The molecule has 9 heteroatoms. The van der Waals surface area contributed by atoms with Gasteiger partial charge in [-0.15, -0.1) is 0 Å². The lowest BCUT2D eigenvalue weighted by Crippen LogP contribution is -3.11. The number of hydrogen-bond donors (Lipinski definition) is 3. The van der Waals surface area contributed by atoms with Crippen LogP contribution in [-0.4, -0.2) is 58.4 Å². The summed E-state index contributed by atoms with van der Waals surface area (Å²) in [5.74, 6) is 0.349. The summed E-state index contributed by atoms with van der Waals surface area (Å²) in [6, 6.07) is 5.13. The number of anilines is 1. The second kappa shape index (κ2) is 10.9. The Morgan fingerprint density at radius 1 is 1.00 bits per heavy atom. The standard InChI is InChI=1S/C17H25N3O6/c1-5-25-13-8-7-12(9-14(13)26-6-2)18-15(21)10-20(3)11-16(22)19-17(23)24-4/h7-9H,5-6,10-11H2,1-4H3,(H,18,21)(H,19,22,23)/p+1. The van der Waals surface area contributed by atoms with E-state index in [4.69, 9.17) is 9.47 Å². The van der Waals surface area contributed by atoms with E-state index in [1.54, 1.807) is 25.2 Å². The maximum absolute atomic E-state index is 12.1. The molecular weight excluding hydrogens is 342 g/mol. The lowest BCUT2D eigenvalue weighted by Gasteiger charge is -2.15. The molecule has 0 aliphatic carbocycles.